The van der Waals surface area contributed by atoms with E-state index in [1.807, 2.05) is 0 Å². The first-order valence-corrected chi connectivity index (χ1v) is 6.80. The predicted octanol–water partition coefficient (Wildman–Crippen LogP) is 2.53. The average Bonchev–Trinajstić information content (AvgIpc) is 2.97. The molecule has 1 aliphatic heterocycles. The van der Waals surface area contributed by atoms with Gasteiger partial charge in [-0.05, 0) is 38.5 Å². The monoisotopic (exact) mass is 224 g/mol. The van der Waals surface area contributed by atoms with Gasteiger partial charge in [0.1, 0.15) is 5.60 Å². The summed E-state index contributed by atoms with van der Waals surface area (Å²) in [6.07, 6.45) is 10.4. The van der Waals surface area contributed by atoms with Gasteiger partial charge in [-0.15, -0.1) is 0 Å². The molecule has 0 radical (unpaired) electrons. The molecule has 3 saturated carbocycles. The van der Waals surface area contributed by atoms with E-state index in [0.717, 1.165) is 38.5 Å². The Morgan fingerprint density at radius 1 is 0.875 bits per heavy atom. The van der Waals surface area contributed by atoms with Crippen LogP contribution in [0.2, 0.25) is 0 Å². The summed E-state index contributed by atoms with van der Waals surface area (Å²) < 4.78 is 0. The molecule has 1 heterocycles. The Bertz CT molecular complexity index is 317. The molecule has 3 heteroatoms. The molecule has 0 aromatic heterocycles. The Morgan fingerprint density at radius 3 is 2.31 bits per heavy atom. The third-order valence-corrected chi connectivity index (χ3v) is 5.67. The summed E-state index contributed by atoms with van der Waals surface area (Å²) in [6, 6.07) is 0. The van der Waals surface area contributed by atoms with Crippen LogP contribution in [0.4, 0.5) is 0 Å². The lowest BCUT2D eigenvalue weighted by molar-refractivity contribution is -0.410. The molecule has 4 aliphatic rings. The van der Waals surface area contributed by atoms with Crippen molar-refractivity contribution in [3.05, 3.63) is 0 Å². The highest BCUT2D eigenvalue weighted by Crippen LogP contribution is 2.71. The standard InChI is InChI=1S/C13H20O3/c14-13-10(4-7-11(13)8-9-11)12(15-16-13)5-2-1-3-6-12/h10,14H,1-9H2/t10-,13+/m0/s1. The SMILES string of the molecule is O[C@@]12OOC3(CCCCC3)[C@@H]1CCC21CC1. The van der Waals surface area contributed by atoms with Gasteiger partial charge in [-0.2, -0.15) is 4.89 Å². The topological polar surface area (TPSA) is 38.7 Å². The van der Waals surface area contributed by atoms with E-state index in [9.17, 15) is 5.11 Å². The van der Waals surface area contributed by atoms with E-state index in [0.29, 0.717) is 0 Å². The van der Waals surface area contributed by atoms with Gasteiger partial charge in [0.15, 0.2) is 0 Å². The summed E-state index contributed by atoms with van der Waals surface area (Å²) in [5, 5.41) is 10.8. The van der Waals surface area contributed by atoms with E-state index >= 15 is 0 Å². The normalized spacial score (nSPS) is 47.4. The van der Waals surface area contributed by atoms with Crippen molar-refractivity contribution in [3.8, 4) is 0 Å². The molecule has 4 rings (SSSR count). The minimum absolute atomic E-state index is 0.0681. The summed E-state index contributed by atoms with van der Waals surface area (Å²) in [6.45, 7) is 0. The van der Waals surface area contributed by atoms with E-state index in [4.69, 9.17) is 9.78 Å². The molecule has 4 fully saturated rings. The summed E-state index contributed by atoms with van der Waals surface area (Å²) in [4.78, 5) is 11.2. The zero-order valence-electron chi connectivity index (χ0n) is 9.71. The first kappa shape index (κ1) is 9.86. The molecule has 0 bridgehead atoms. The van der Waals surface area contributed by atoms with Gasteiger partial charge in [0.25, 0.3) is 0 Å². The van der Waals surface area contributed by atoms with E-state index in [-0.39, 0.29) is 16.9 Å². The highest BCUT2D eigenvalue weighted by molar-refractivity contribution is 5.17. The van der Waals surface area contributed by atoms with Crippen molar-refractivity contribution < 1.29 is 14.9 Å². The van der Waals surface area contributed by atoms with Gasteiger partial charge in [0, 0.05) is 11.3 Å². The van der Waals surface area contributed by atoms with Gasteiger partial charge < -0.3 is 5.11 Å². The van der Waals surface area contributed by atoms with Crippen LogP contribution in [0.5, 0.6) is 0 Å². The molecular weight excluding hydrogens is 204 g/mol. The second-order valence-electron chi connectivity index (χ2n) is 6.36. The predicted molar refractivity (Wildman–Crippen MR) is 57.3 cm³/mol. The molecule has 2 atom stereocenters. The lowest BCUT2D eigenvalue weighted by Gasteiger charge is -2.35. The number of aliphatic hydroxyl groups is 1. The van der Waals surface area contributed by atoms with Crippen molar-refractivity contribution in [2.24, 2.45) is 11.3 Å². The first-order chi connectivity index (χ1) is 7.71. The maximum atomic E-state index is 10.8. The van der Waals surface area contributed by atoms with Crippen LogP contribution in [0.3, 0.4) is 0 Å². The molecule has 90 valence electrons. The van der Waals surface area contributed by atoms with Crippen LogP contribution in [-0.4, -0.2) is 16.5 Å². The largest absolute Gasteiger partial charge is 0.363 e. The Kier molecular flexibility index (Phi) is 1.74. The summed E-state index contributed by atoms with van der Waals surface area (Å²) in [5.74, 6) is -0.701. The summed E-state index contributed by atoms with van der Waals surface area (Å²) in [7, 11) is 0. The van der Waals surface area contributed by atoms with Crippen LogP contribution in [0, 0.1) is 11.3 Å². The van der Waals surface area contributed by atoms with Crippen molar-refractivity contribution in [1.29, 1.82) is 0 Å². The quantitative estimate of drug-likeness (QED) is 0.643. The highest BCUT2D eigenvalue weighted by atomic mass is 17.2. The summed E-state index contributed by atoms with van der Waals surface area (Å²) >= 11 is 0. The van der Waals surface area contributed by atoms with Crippen LogP contribution in [0.15, 0.2) is 0 Å². The van der Waals surface area contributed by atoms with Crippen LogP contribution in [0.25, 0.3) is 0 Å². The Labute approximate surface area is 96.0 Å². The Balaban J connectivity index is 1.69. The third-order valence-electron chi connectivity index (χ3n) is 5.67. The molecule has 3 aliphatic carbocycles. The molecule has 1 saturated heterocycles. The van der Waals surface area contributed by atoms with Gasteiger partial charge in [-0.25, -0.2) is 4.89 Å². The zero-order chi connectivity index (χ0) is 10.9. The lowest BCUT2D eigenvalue weighted by Crippen LogP contribution is -2.45. The van der Waals surface area contributed by atoms with E-state index < -0.39 is 5.79 Å². The molecule has 1 N–H and O–H groups in total. The molecule has 16 heavy (non-hydrogen) atoms. The second kappa shape index (κ2) is 2.82. The van der Waals surface area contributed by atoms with Crippen LogP contribution in [-0.2, 0) is 9.78 Å². The van der Waals surface area contributed by atoms with Gasteiger partial charge >= 0.3 is 0 Å². The molecule has 0 aromatic carbocycles. The van der Waals surface area contributed by atoms with E-state index in [1.54, 1.807) is 0 Å². The smallest absolute Gasteiger partial charge is 0.210 e. The van der Waals surface area contributed by atoms with Gasteiger partial charge in [-0.3, -0.25) is 0 Å². The minimum atomic E-state index is -0.940. The van der Waals surface area contributed by atoms with Crippen molar-refractivity contribution in [1.82, 2.24) is 0 Å². The van der Waals surface area contributed by atoms with Crippen LogP contribution in [0.1, 0.15) is 57.8 Å². The second-order valence-corrected chi connectivity index (χ2v) is 6.36. The number of rotatable bonds is 0. The Morgan fingerprint density at radius 2 is 1.62 bits per heavy atom. The Hall–Kier alpha value is -0.120. The lowest BCUT2D eigenvalue weighted by atomic mass is 9.72. The number of hydrogen-bond donors (Lipinski definition) is 1. The fraction of sp³-hybridized carbons (Fsp3) is 1.00. The molecular formula is C13H20O3. The molecule has 0 unspecified atom stereocenters. The maximum Gasteiger partial charge on any atom is 0.210 e. The molecule has 0 amide bonds. The van der Waals surface area contributed by atoms with Gasteiger partial charge in [-0.1, -0.05) is 19.3 Å². The third kappa shape index (κ3) is 0.964. The van der Waals surface area contributed by atoms with Crippen molar-refractivity contribution in [2.45, 2.75) is 69.2 Å². The highest BCUT2D eigenvalue weighted by Gasteiger charge is 2.75. The number of fused-ring (bicyclic) bond motifs is 3. The fourth-order valence-electron chi connectivity index (χ4n) is 4.48. The maximum absolute atomic E-state index is 10.8. The van der Waals surface area contributed by atoms with Crippen molar-refractivity contribution >= 4 is 0 Å². The van der Waals surface area contributed by atoms with Crippen LogP contribution >= 0.6 is 0 Å². The fourth-order valence-corrected chi connectivity index (χ4v) is 4.48. The average molecular weight is 224 g/mol. The molecule has 3 nitrogen and oxygen atoms in total. The molecule has 2 spiro atoms. The minimum Gasteiger partial charge on any atom is -0.363 e. The van der Waals surface area contributed by atoms with E-state index in [1.165, 1.54) is 19.3 Å². The van der Waals surface area contributed by atoms with Crippen LogP contribution < -0.4 is 0 Å². The first-order valence-electron chi connectivity index (χ1n) is 6.80. The number of hydrogen-bond acceptors (Lipinski definition) is 3. The van der Waals surface area contributed by atoms with Gasteiger partial charge in [0.2, 0.25) is 5.79 Å². The van der Waals surface area contributed by atoms with Crippen molar-refractivity contribution in [2.75, 3.05) is 0 Å². The van der Waals surface area contributed by atoms with Crippen molar-refractivity contribution in [3.63, 3.8) is 0 Å². The summed E-state index contributed by atoms with van der Waals surface area (Å²) in [5.41, 5.74) is -0.0717. The zero-order valence-corrected chi connectivity index (χ0v) is 9.71. The molecule has 0 aromatic rings. The van der Waals surface area contributed by atoms with Gasteiger partial charge in [0.05, 0.1) is 0 Å². The van der Waals surface area contributed by atoms with E-state index in [2.05, 4.69) is 0 Å².